The highest BCUT2D eigenvalue weighted by atomic mass is 32.2. The van der Waals surface area contributed by atoms with Crippen molar-refractivity contribution in [1.82, 2.24) is 14.5 Å². The van der Waals surface area contributed by atoms with Gasteiger partial charge in [-0.2, -0.15) is 4.31 Å². The number of rotatable bonds is 9. The van der Waals surface area contributed by atoms with Gasteiger partial charge in [0.15, 0.2) is 5.76 Å². The van der Waals surface area contributed by atoms with Gasteiger partial charge in [-0.3, -0.25) is 4.79 Å². The van der Waals surface area contributed by atoms with Gasteiger partial charge in [-0.05, 0) is 36.8 Å². The summed E-state index contributed by atoms with van der Waals surface area (Å²) in [7, 11) is -3.63. The van der Waals surface area contributed by atoms with E-state index in [0.29, 0.717) is 30.1 Å². The van der Waals surface area contributed by atoms with E-state index in [1.54, 1.807) is 45.0 Å². The van der Waals surface area contributed by atoms with Crippen LogP contribution in [-0.4, -0.2) is 47.7 Å². The number of carbonyl (C=O) groups is 1. The van der Waals surface area contributed by atoms with E-state index in [1.165, 1.54) is 16.6 Å². The molecule has 1 amide bonds. The van der Waals surface area contributed by atoms with Crippen molar-refractivity contribution in [3.05, 3.63) is 42.2 Å². The predicted octanol–water partition coefficient (Wildman–Crippen LogP) is 3.40. The summed E-state index contributed by atoms with van der Waals surface area (Å²) in [5, 5.41) is 10.7. The minimum Gasteiger partial charge on any atom is -0.459 e. The summed E-state index contributed by atoms with van der Waals surface area (Å²) >= 11 is 1.07. The predicted molar refractivity (Wildman–Crippen MR) is 113 cm³/mol. The van der Waals surface area contributed by atoms with Crippen LogP contribution in [0.1, 0.15) is 19.4 Å². The first-order valence-electron chi connectivity index (χ1n) is 9.26. The summed E-state index contributed by atoms with van der Waals surface area (Å²) in [6.07, 6.45) is 1.50. The maximum absolute atomic E-state index is 12.8. The van der Waals surface area contributed by atoms with Gasteiger partial charge in [-0.1, -0.05) is 31.7 Å². The van der Waals surface area contributed by atoms with Gasteiger partial charge < -0.3 is 14.2 Å². The highest BCUT2D eigenvalue weighted by Crippen LogP contribution is 2.25. The highest BCUT2D eigenvalue weighted by molar-refractivity contribution is 7.99. The molecule has 0 radical (unpaired) electrons. The number of furan rings is 1. The molecule has 3 rings (SSSR count). The minimum absolute atomic E-state index is 0.0196. The molecule has 0 aliphatic heterocycles. The molecule has 0 saturated heterocycles. The fourth-order valence-corrected chi connectivity index (χ4v) is 5.02. The Bertz CT molecular complexity index is 1110. The average molecular weight is 451 g/mol. The molecule has 30 heavy (non-hydrogen) atoms. The first-order chi connectivity index (χ1) is 14.3. The molecule has 160 valence electrons. The Morgan fingerprint density at radius 1 is 1.20 bits per heavy atom. The Hall–Kier alpha value is -2.63. The molecule has 0 aliphatic rings. The van der Waals surface area contributed by atoms with Crippen molar-refractivity contribution in [2.75, 3.05) is 24.2 Å². The number of hydrogen-bond acceptors (Lipinski definition) is 8. The van der Waals surface area contributed by atoms with Crippen molar-refractivity contribution in [2.24, 2.45) is 0 Å². The number of nitrogens with one attached hydrogen (secondary N) is 1. The summed E-state index contributed by atoms with van der Waals surface area (Å²) in [5.41, 5.74) is 1.02. The number of carbonyl (C=O) groups excluding carboxylic acids is 1. The van der Waals surface area contributed by atoms with Gasteiger partial charge in [0.05, 0.1) is 16.9 Å². The Balaban J connectivity index is 1.66. The molecule has 3 aromatic rings. The van der Waals surface area contributed by atoms with Gasteiger partial charge in [-0.25, -0.2) is 8.42 Å². The second-order valence-corrected chi connectivity index (χ2v) is 9.09. The molecule has 0 aliphatic carbocycles. The topological polar surface area (TPSA) is 119 Å². The number of anilines is 1. The van der Waals surface area contributed by atoms with Gasteiger partial charge in [0.1, 0.15) is 0 Å². The van der Waals surface area contributed by atoms with Gasteiger partial charge in [0.2, 0.25) is 15.9 Å². The fraction of sp³-hybridized carbons (Fsp3) is 0.316. The van der Waals surface area contributed by atoms with Crippen LogP contribution in [0, 0.1) is 6.92 Å². The number of hydrogen-bond donors (Lipinski definition) is 1. The van der Waals surface area contributed by atoms with Crippen LogP contribution in [-0.2, 0) is 14.8 Å². The van der Waals surface area contributed by atoms with Crippen LogP contribution in [0.4, 0.5) is 5.69 Å². The molecule has 2 aromatic heterocycles. The molecule has 0 atom stereocenters. The second-order valence-electron chi connectivity index (χ2n) is 6.26. The summed E-state index contributed by atoms with van der Waals surface area (Å²) in [4.78, 5) is 12.5. The maximum Gasteiger partial charge on any atom is 0.284 e. The standard InChI is InChI=1S/C19H22N4O5S2/c1-4-23(5-2)30(25,26)16-11-14(9-8-13(16)3)20-17(24)12-29-19-22-21-18(28-19)15-7-6-10-27-15/h6-11H,4-5,12H2,1-3H3,(H,20,24). The van der Waals surface area contributed by atoms with Crippen LogP contribution in [0.25, 0.3) is 11.7 Å². The van der Waals surface area contributed by atoms with Crippen molar-refractivity contribution in [2.45, 2.75) is 30.9 Å². The minimum atomic E-state index is -3.63. The van der Waals surface area contributed by atoms with Crippen LogP contribution >= 0.6 is 11.8 Å². The molecular weight excluding hydrogens is 428 g/mol. The number of sulfonamides is 1. The molecule has 11 heteroatoms. The lowest BCUT2D eigenvalue weighted by molar-refractivity contribution is -0.113. The molecule has 0 bridgehead atoms. The van der Waals surface area contributed by atoms with Crippen molar-refractivity contribution < 1.29 is 22.0 Å². The molecule has 1 aromatic carbocycles. The number of aromatic nitrogens is 2. The Labute approximate surface area is 178 Å². The largest absolute Gasteiger partial charge is 0.459 e. The monoisotopic (exact) mass is 450 g/mol. The Morgan fingerprint density at radius 3 is 2.63 bits per heavy atom. The number of aryl methyl sites for hydroxylation is 1. The first-order valence-corrected chi connectivity index (χ1v) is 11.7. The van der Waals surface area contributed by atoms with E-state index in [0.717, 1.165) is 11.8 Å². The van der Waals surface area contributed by atoms with E-state index < -0.39 is 10.0 Å². The summed E-state index contributed by atoms with van der Waals surface area (Å²) in [6, 6.07) is 8.22. The molecule has 0 saturated carbocycles. The van der Waals surface area contributed by atoms with Crippen molar-refractivity contribution in [3.63, 3.8) is 0 Å². The van der Waals surface area contributed by atoms with Gasteiger partial charge in [0.25, 0.3) is 11.1 Å². The van der Waals surface area contributed by atoms with Crippen LogP contribution < -0.4 is 5.32 Å². The molecule has 0 fully saturated rings. The maximum atomic E-state index is 12.8. The zero-order valence-corrected chi connectivity index (χ0v) is 18.4. The highest BCUT2D eigenvalue weighted by Gasteiger charge is 2.24. The number of thioether (sulfide) groups is 1. The lowest BCUT2D eigenvalue weighted by Crippen LogP contribution is -2.31. The quantitative estimate of drug-likeness (QED) is 0.493. The average Bonchev–Trinajstić information content (AvgIpc) is 3.40. The smallest absolute Gasteiger partial charge is 0.284 e. The van der Waals surface area contributed by atoms with Gasteiger partial charge >= 0.3 is 0 Å². The van der Waals surface area contributed by atoms with E-state index in [4.69, 9.17) is 8.83 Å². The Morgan fingerprint density at radius 2 is 1.97 bits per heavy atom. The van der Waals surface area contributed by atoms with Crippen LogP contribution in [0.15, 0.2) is 55.5 Å². The van der Waals surface area contributed by atoms with E-state index >= 15 is 0 Å². The van der Waals surface area contributed by atoms with Crippen LogP contribution in [0.3, 0.4) is 0 Å². The van der Waals surface area contributed by atoms with Crippen LogP contribution in [0.5, 0.6) is 0 Å². The molecular formula is C19H22N4O5S2. The summed E-state index contributed by atoms with van der Waals surface area (Å²) in [6.45, 7) is 6.04. The second kappa shape index (κ2) is 9.45. The Kier molecular flexibility index (Phi) is 6.95. The SMILES string of the molecule is CCN(CC)S(=O)(=O)c1cc(NC(=O)CSc2nnc(-c3ccco3)o2)ccc1C. The third-order valence-electron chi connectivity index (χ3n) is 4.26. The molecule has 9 nitrogen and oxygen atoms in total. The molecule has 1 N–H and O–H groups in total. The number of amides is 1. The third-order valence-corrected chi connectivity index (χ3v) is 7.27. The summed E-state index contributed by atoms with van der Waals surface area (Å²) in [5.74, 6) is 0.368. The first kappa shape index (κ1) is 22.1. The summed E-state index contributed by atoms with van der Waals surface area (Å²) < 4.78 is 37.7. The van der Waals surface area contributed by atoms with E-state index in [2.05, 4.69) is 15.5 Å². The van der Waals surface area contributed by atoms with Crippen molar-refractivity contribution in [3.8, 4) is 11.7 Å². The normalized spacial score (nSPS) is 11.7. The van der Waals surface area contributed by atoms with E-state index in [9.17, 15) is 13.2 Å². The van der Waals surface area contributed by atoms with E-state index in [1.807, 2.05) is 0 Å². The van der Waals surface area contributed by atoms with Crippen LogP contribution in [0.2, 0.25) is 0 Å². The van der Waals surface area contributed by atoms with E-state index in [-0.39, 0.29) is 27.7 Å². The zero-order chi connectivity index (χ0) is 21.7. The third kappa shape index (κ3) is 4.91. The zero-order valence-electron chi connectivity index (χ0n) is 16.8. The molecule has 0 spiro atoms. The lowest BCUT2D eigenvalue weighted by Gasteiger charge is -2.20. The molecule has 2 heterocycles. The van der Waals surface area contributed by atoms with Crippen molar-refractivity contribution in [1.29, 1.82) is 0 Å². The number of benzene rings is 1. The lowest BCUT2D eigenvalue weighted by atomic mass is 10.2. The number of nitrogens with zero attached hydrogens (tertiary/aromatic N) is 3. The van der Waals surface area contributed by atoms with Crippen molar-refractivity contribution >= 4 is 33.4 Å². The van der Waals surface area contributed by atoms with Gasteiger partial charge in [-0.15, -0.1) is 10.2 Å². The fourth-order valence-electron chi connectivity index (χ4n) is 2.75. The molecule has 0 unspecified atom stereocenters. The van der Waals surface area contributed by atoms with Gasteiger partial charge in [0, 0.05) is 18.8 Å².